The molecule has 6 atom stereocenters. The van der Waals surface area contributed by atoms with E-state index in [1.165, 1.54) is 0 Å². The first kappa shape index (κ1) is 48.9. The summed E-state index contributed by atoms with van der Waals surface area (Å²) in [6, 6.07) is 0.143. The number of ether oxygens (including phenoxy) is 1. The van der Waals surface area contributed by atoms with Gasteiger partial charge in [-0.1, -0.05) is 56.4 Å². The van der Waals surface area contributed by atoms with E-state index < -0.39 is 0 Å². The van der Waals surface area contributed by atoms with Crippen LogP contribution in [0.1, 0.15) is 103 Å². The minimum absolute atomic E-state index is 0. The summed E-state index contributed by atoms with van der Waals surface area (Å²) < 4.78 is 6.29. The average Bonchev–Trinajstić information content (AvgIpc) is 3.81. The van der Waals surface area contributed by atoms with Crippen molar-refractivity contribution < 1.29 is 19.1 Å². The van der Waals surface area contributed by atoms with E-state index in [1.807, 2.05) is 31.7 Å². The molecule has 0 aromatic heterocycles. The molecule has 0 saturated carbocycles. The van der Waals surface area contributed by atoms with Crippen molar-refractivity contribution in [3.8, 4) is 12.8 Å². The molecule has 0 unspecified atom stereocenters. The SMILES string of the molecule is C.C.C.C#C.CC[C@H](C)[C@H]1C(OC(C)(C)C)=CC(=O)N1[C@H]1CCN(C2=CC(=O)N([C@H]3CCN(C4=CC(=O)N[C@H]4CC(C)C)C3)[C@H]2C)C1.[B].[B][B]. The average molecular weight is 688 g/mol. The van der Waals surface area contributed by atoms with Crippen LogP contribution in [-0.4, -0.2) is 123 Å². The van der Waals surface area contributed by atoms with E-state index in [9.17, 15) is 14.4 Å². The van der Waals surface area contributed by atoms with Gasteiger partial charge in [-0.2, -0.15) is 0 Å². The molecule has 1 N–H and O–H groups in total. The van der Waals surface area contributed by atoms with Gasteiger partial charge < -0.3 is 29.7 Å². The fourth-order valence-corrected chi connectivity index (χ4v) is 7.58. The Kier molecular flexibility index (Phi) is 20.1. The first-order valence-electron chi connectivity index (χ1n) is 16.7. The molecule has 50 heavy (non-hydrogen) atoms. The summed E-state index contributed by atoms with van der Waals surface area (Å²) in [5.41, 5.74) is 1.76. The van der Waals surface area contributed by atoms with E-state index in [0.717, 1.165) is 69.0 Å². The smallest absolute Gasteiger partial charge is 0.250 e. The molecule has 0 spiro atoms. The van der Waals surface area contributed by atoms with Gasteiger partial charge in [0.2, 0.25) is 11.8 Å². The molecule has 9 nitrogen and oxygen atoms in total. The van der Waals surface area contributed by atoms with Crippen LogP contribution in [0.3, 0.4) is 0 Å². The van der Waals surface area contributed by atoms with Crippen LogP contribution >= 0.6 is 0 Å². The van der Waals surface area contributed by atoms with Crippen molar-refractivity contribution >= 4 is 41.6 Å². The standard InChI is InChI=1S/C33H51N5O4.C2H2.3CH4.B2.B/c1-9-21(4)32-28(42-33(6,7)8)17-31(41)38(32)24-11-12-35(19-24)26-16-30(40)37(22(26)5)23-10-13-36(18-23)27-15-29(39)34-25(27)14-20(2)3;1-2;;;;1-2;/h15-17,20-25,32H,9-14,18-19H2,1-8H3,(H,34,39);1-2H;3*1H4;;/t21-,22-,23-,24-,25-,32-;;;;;;/m0....../s1. The van der Waals surface area contributed by atoms with Crippen molar-refractivity contribution in [2.45, 2.75) is 139 Å². The van der Waals surface area contributed by atoms with Gasteiger partial charge in [0.25, 0.3) is 5.91 Å². The molecule has 275 valence electrons. The zero-order valence-corrected chi connectivity index (χ0v) is 29.7. The van der Waals surface area contributed by atoms with Crippen LogP contribution in [0.4, 0.5) is 0 Å². The van der Waals surface area contributed by atoms with Gasteiger partial charge in [0.15, 0.2) is 0 Å². The summed E-state index contributed by atoms with van der Waals surface area (Å²) in [6.07, 6.45) is 16.9. The summed E-state index contributed by atoms with van der Waals surface area (Å²) >= 11 is 0. The Morgan fingerprint density at radius 2 is 1.38 bits per heavy atom. The Bertz CT molecular complexity index is 1240. The third-order valence-corrected chi connectivity index (χ3v) is 9.59. The zero-order chi connectivity index (χ0) is 34.5. The van der Waals surface area contributed by atoms with Crippen molar-refractivity contribution in [2.24, 2.45) is 11.8 Å². The summed E-state index contributed by atoms with van der Waals surface area (Å²) in [5, 5.41) is 3.11. The van der Waals surface area contributed by atoms with Crippen LogP contribution in [0.5, 0.6) is 0 Å². The van der Waals surface area contributed by atoms with Crippen molar-refractivity contribution in [2.75, 3.05) is 26.2 Å². The molecular weight excluding hydrogens is 623 g/mol. The Hall–Kier alpha value is -3.22. The highest BCUT2D eigenvalue weighted by molar-refractivity contribution is 6.75. The second kappa shape index (κ2) is 20.6. The van der Waals surface area contributed by atoms with Gasteiger partial charge in [-0.15, -0.1) is 12.8 Å². The Morgan fingerprint density at radius 3 is 1.88 bits per heavy atom. The molecule has 0 aliphatic carbocycles. The van der Waals surface area contributed by atoms with Gasteiger partial charge in [-0.3, -0.25) is 14.4 Å². The van der Waals surface area contributed by atoms with Crippen LogP contribution in [0.2, 0.25) is 0 Å². The molecule has 2 fully saturated rings. The fraction of sp³-hybridized carbons (Fsp3) is 0.711. The van der Waals surface area contributed by atoms with Crippen LogP contribution in [0, 0.1) is 24.7 Å². The van der Waals surface area contributed by atoms with Crippen LogP contribution in [0.25, 0.3) is 0 Å². The summed E-state index contributed by atoms with van der Waals surface area (Å²) in [5.74, 6) is 1.64. The monoisotopic (exact) mass is 689 g/mol. The second-order valence-electron chi connectivity index (χ2n) is 14.4. The lowest BCUT2D eigenvalue weighted by Crippen LogP contribution is -2.48. The van der Waals surface area contributed by atoms with Gasteiger partial charge in [0.1, 0.15) is 11.4 Å². The maximum Gasteiger partial charge on any atom is 0.250 e. The molecule has 0 bridgehead atoms. The van der Waals surface area contributed by atoms with Gasteiger partial charge in [0.05, 0.1) is 30.2 Å². The molecule has 7 radical (unpaired) electrons. The first-order valence-corrected chi connectivity index (χ1v) is 16.7. The molecule has 12 heteroatoms. The number of hydrogen-bond acceptors (Lipinski definition) is 6. The van der Waals surface area contributed by atoms with E-state index >= 15 is 0 Å². The third-order valence-electron chi connectivity index (χ3n) is 9.59. The summed E-state index contributed by atoms with van der Waals surface area (Å²) in [4.78, 5) is 47.7. The number of amides is 3. The topological polar surface area (TPSA) is 85.4 Å². The number of carbonyl (C=O) groups is 3. The van der Waals surface area contributed by atoms with E-state index in [1.54, 1.807) is 12.2 Å². The Balaban J connectivity index is 0. The highest BCUT2D eigenvalue weighted by Gasteiger charge is 2.47. The lowest BCUT2D eigenvalue weighted by molar-refractivity contribution is -0.129. The van der Waals surface area contributed by atoms with Crippen molar-refractivity contribution in [1.82, 2.24) is 24.9 Å². The summed E-state index contributed by atoms with van der Waals surface area (Å²) in [7, 11) is 8.00. The molecule has 0 aromatic carbocycles. The van der Waals surface area contributed by atoms with Crippen LogP contribution < -0.4 is 5.32 Å². The maximum atomic E-state index is 13.4. The molecule has 5 heterocycles. The molecule has 0 aromatic rings. The minimum Gasteiger partial charge on any atom is -0.490 e. The van der Waals surface area contributed by atoms with Gasteiger partial charge >= 0.3 is 0 Å². The normalized spacial score (nSPS) is 26.1. The maximum absolute atomic E-state index is 13.4. The second-order valence-corrected chi connectivity index (χ2v) is 14.4. The number of nitrogens with one attached hydrogen (secondary N) is 1. The molecule has 5 aliphatic heterocycles. The number of rotatable bonds is 9. The fourth-order valence-electron chi connectivity index (χ4n) is 7.58. The predicted molar refractivity (Wildman–Crippen MR) is 210 cm³/mol. The van der Waals surface area contributed by atoms with Crippen molar-refractivity contribution in [3.05, 3.63) is 35.4 Å². The summed E-state index contributed by atoms with van der Waals surface area (Å²) in [6.45, 7) is 20.1. The van der Waals surface area contributed by atoms with E-state index in [2.05, 4.69) is 83.0 Å². The van der Waals surface area contributed by atoms with E-state index in [0.29, 0.717) is 5.92 Å². The molecule has 5 rings (SSSR count). The van der Waals surface area contributed by atoms with Crippen LogP contribution in [-0.2, 0) is 19.1 Å². The quantitative estimate of drug-likeness (QED) is 0.281. The van der Waals surface area contributed by atoms with Crippen molar-refractivity contribution in [3.63, 3.8) is 0 Å². The number of likely N-dealkylation sites (tertiary alicyclic amines) is 2. The zero-order valence-electron chi connectivity index (χ0n) is 29.7. The van der Waals surface area contributed by atoms with Crippen molar-refractivity contribution in [1.29, 1.82) is 0 Å². The largest absolute Gasteiger partial charge is 0.490 e. The van der Waals surface area contributed by atoms with Gasteiger partial charge in [-0.05, 0) is 58.8 Å². The lowest BCUT2D eigenvalue weighted by Gasteiger charge is -2.37. The Labute approximate surface area is 310 Å². The molecule has 5 aliphatic rings. The molecule has 2 saturated heterocycles. The number of carbonyl (C=O) groups excluding carboxylic acids is 3. The number of terminal acetylenes is 1. The Morgan fingerprint density at radius 1 is 0.880 bits per heavy atom. The van der Waals surface area contributed by atoms with E-state index in [-0.39, 0.29) is 90.1 Å². The number of nitrogens with zero attached hydrogens (tertiary/aromatic N) is 4. The van der Waals surface area contributed by atoms with Gasteiger partial charge in [-0.25, -0.2) is 0 Å². The minimum atomic E-state index is -0.366. The van der Waals surface area contributed by atoms with Crippen LogP contribution in [0.15, 0.2) is 35.4 Å². The highest BCUT2D eigenvalue weighted by atomic mass is 16.5. The predicted octanol–water partition coefficient (Wildman–Crippen LogP) is 4.65. The number of hydrogen-bond donors (Lipinski definition) is 1. The highest BCUT2D eigenvalue weighted by Crippen LogP contribution is 2.38. The molecule has 3 amide bonds. The first-order chi connectivity index (χ1) is 21.8. The lowest BCUT2D eigenvalue weighted by atomic mass is 9.81. The van der Waals surface area contributed by atoms with Gasteiger partial charge in [0, 0.05) is 79.7 Å². The third kappa shape index (κ3) is 10.7. The van der Waals surface area contributed by atoms with E-state index in [4.69, 9.17) is 4.74 Å². The molecular formula is C38H65B3N5O4.